The number of fused-ring (bicyclic) bond motifs is 1. The zero-order valence-electron chi connectivity index (χ0n) is 13.1. The fourth-order valence-electron chi connectivity index (χ4n) is 3.24. The van der Waals surface area contributed by atoms with E-state index < -0.39 is 0 Å². The maximum absolute atomic E-state index is 5.45. The number of benzene rings is 2. The van der Waals surface area contributed by atoms with Crippen LogP contribution in [-0.2, 0) is 19.6 Å². The van der Waals surface area contributed by atoms with Gasteiger partial charge >= 0.3 is 0 Å². The molecule has 2 N–H and O–H groups in total. The van der Waals surface area contributed by atoms with Gasteiger partial charge in [-0.05, 0) is 23.8 Å². The minimum Gasteiger partial charge on any atom is -0.312 e. The summed E-state index contributed by atoms with van der Waals surface area (Å²) in [6.45, 7) is 2.95. The van der Waals surface area contributed by atoms with Crippen LogP contribution in [0, 0.1) is 4.77 Å². The van der Waals surface area contributed by atoms with Crippen molar-refractivity contribution in [2.45, 2.75) is 19.6 Å². The van der Waals surface area contributed by atoms with E-state index >= 15 is 0 Å². The van der Waals surface area contributed by atoms with Gasteiger partial charge in [-0.1, -0.05) is 58.4 Å². The lowest BCUT2D eigenvalue weighted by Gasteiger charge is -2.25. The maximum Gasteiger partial charge on any atom is 0.221 e. The molecular weight excluding hydrogens is 384 g/mol. The Morgan fingerprint density at radius 1 is 1.12 bits per heavy atom. The first-order valence-electron chi connectivity index (χ1n) is 8.03. The van der Waals surface area contributed by atoms with E-state index in [1.807, 2.05) is 28.9 Å². The van der Waals surface area contributed by atoms with Crippen molar-refractivity contribution in [3.63, 3.8) is 0 Å². The Hall–Kier alpha value is -1.76. The second kappa shape index (κ2) is 6.63. The lowest BCUT2D eigenvalue weighted by Crippen LogP contribution is -3.11. The summed E-state index contributed by atoms with van der Waals surface area (Å²) in [6.07, 6.45) is 1.12. The van der Waals surface area contributed by atoms with E-state index in [4.69, 9.17) is 12.2 Å². The molecule has 4 nitrogen and oxygen atoms in total. The molecule has 2 heterocycles. The number of halogens is 1. The molecule has 1 aromatic heterocycles. The van der Waals surface area contributed by atoms with Gasteiger partial charge in [0.05, 0.1) is 6.54 Å². The number of nitrogens with one attached hydrogen (secondary N) is 2. The fraction of sp³-hybridized carbons (Fsp3) is 0.222. The summed E-state index contributed by atoms with van der Waals surface area (Å²) in [5.74, 6) is 0.810. The molecular formula is C18H18BrN4S+. The minimum atomic E-state index is 0.604. The Labute approximate surface area is 154 Å². The fourth-order valence-corrected chi connectivity index (χ4v) is 3.91. The van der Waals surface area contributed by atoms with Crippen LogP contribution in [-0.4, -0.2) is 21.3 Å². The van der Waals surface area contributed by atoms with Crippen LogP contribution in [0.1, 0.15) is 11.1 Å². The third-order valence-corrected chi connectivity index (χ3v) is 5.50. The normalized spacial score (nSPS) is 16.8. The first kappa shape index (κ1) is 15.7. The molecule has 4 rings (SSSR count). The van der Waals surface area contributed by atoms with E-state index in [2.05, 4.69) is 50.3 Å². The predicted octanol–water partition coefficient (Wildman–Crippen LogP) is 2.97. The average Bonchev–Trinajstić information content (AvgIpc) is 2.96. The Bertz CT molecular complexity index is 931. The van der Waals surface area contributed by atoms with Gasteiger partial charge in [-0.15, -0.1) is 0 Å². The van der Waals surface area contributed by atoms with Gasteiger partial charge < -0.3 is 4.90 Å². The Balaban J connectivity index is 1.56. The molecule has 0 fully saturated rings. The van der Waals surface area contributed by atoms with Crippen molar-refractivity contribution in [3.05, 3.63) is 68.9 Å². The molecule has 0 spiro atoms. The Kier molecular flexibility index (Phi) is 4.35. The van der Waals surface area contributed by atoms with Gasteiger partial charge in [0, 0.05) is 22.0 Å². The van der Waals surface area contributed by atoms with E-state index in [0.29, 0.717) is 4.77 Å². The van der Waals surface area contributed by atoms with Crippen LogP contribution >= 0.6 is 28.1 Å². The number of rotatable bonds is 3. The first-order valence-corrected chi connectivity index (χ1v) is 9.23. The SMILES string of the molecule is S=c1nc(-c2ccccc2Br)[nH]n1C[NH+]1CCc2ccccc2C1. The van der Waals surface area contributed by atoms with Gasteiger partial charge in [-0.25, -0.2) is 4.68 Å². The van der Waals surface area contributed by atoms with Gasteiger partial charge in [-0.3, -0.25) is 5.10 Å². The van der Waals surface area contributed by atoms with E-state index in [9.17, 15) is 0 Å². The minimum absolute atomic E-state index is 0.604. The quantitative estimate of drug-likeness (QED) is 0.662. The molecule has 0 aliphatic carbocycles. The van der Waals surface area contributed by atoms with Crippen molar-refractivity contribution in [1.82, 2.24) is 14.8 Å². The molecule has 1 aliphatic rings. The number of hydrogen-bond donors (Lipinski definition) is 2. The van der Waals surface area contributed by atoms with Crippen molar-refractivity contribution in [2.24, 2.45) is 0 Å². The summed E-state index contributed by atoms with van der Waals surface area (Å²) in [6, 6.07) is 16.8. The number of aromatic amines is 1. The highest BCUT2D eigenvalue weighted by atomic mass is 79.9. The molecule has 0 saturated heterocycles. The molecule has 122 valence electrons. The monoisotopic (exact) mass is 401 g/mol. The number of quaternary nitrogens is 1. The van der Waals surface area contributed by atoms with Crippen molar-refractivity contribution < 1.29 is 4.90 Å². The predicted molar refractivity (Wildman–Crippen MR) is 100 cm³/mol. The lowest BCUT2D eigenvalue weighted by molar-refractivity contribution is -0.939. The van der Waals surface area contributed by atoms with E-state index in [-0.39, 0.29) is 0 Å². The van der Waals surface area contributed by atoms with Gasteiger partial charge in [0.1, 0.15) is 6.54 Å². The molecule has 3 aromatic rings. The van der Waals surface area contributed by atoms with Crippen LogP contribution in [0.4, 0.5) is 0 Å². The van der Waals surface area contributed by atoms with Crippen LogP contribution in [0.5, 0.6) is 0 Å². The van der Waals surface area contributed by atoms with E-state index in [1.165, 1.54) is 16.0 Å². The summed E-state index contributed by atoms with van der Waals surface area (Å²) < 4.78 is 3.60. The summed E-state index contributed by atoms with van der Waals surface area (Å²) in [5.41, 5.74) is 3.94. The Morgan fingerprint density at radius 2 is 1.88 bits per heavy atom. The van der Waals surface area contributed by atoms with Gasteiger partial charge in [0.25, 0.3) is 0 Å². The van der Waals surface area contributed by atoms with Gasteiger partial charge in [0.15, 0.2) is 12.5 Å². The number of aromatic nitrogens is 3. The van der Waals surface area contributed by atoms with E-state index in [0.717, 1.165) is 42.0 Å². The van der Waals surface area contributed by atoms with Crippen molar-refractivity contribution in [2.75, 3.05) is 6.54 Å². The second-order valence-electron chi connectivity index (χ2n) is 6.12. The topological polar surface area (TPSA) is 38.0 Å². The molecule has 1 aliphatic heterocycles. The van der Waals surface area contributed by atoms with Crippen LogP contribution in [0.15, 0.2) is 53.0 Å². The lowest BCUT2D eigenvalue weighted by atomic mass is 10.0. The highest BCUT2D eigenvalue weighted by Crippen LogP contribution is 2.24. The third-order valence-electron chi connectivity index (χ3n) is 4.50. The number of hydrogen-bond acceptors (Lipinski definition) is 2. The summed E-state index contributed by atoms with van der Waals surface area (Å²) in [5, 5.41) is 3.36. The molecule has 2 aromatic carbocycles. The number of H-pyrrole nitrogens is 1. The van der Waals surface area contributed by atoms with Crippen LogP contribution in [0.25, 0.3) is 11.4 Å². The zero-order chi connectivity index (χ0) is 16.5. The summed E-state index contributed by atoms with van der Waals surface area (Å²) in [4.78, 5) is 6.02. The molecule has 0 amide bonds. The van der Waals surface area contributed by atoms with Crippen molar-refractivity contribution in [3.8, 4) is 11.4 Å². The van der Waals surface area contributed by atoms with Crippen LogP contribution < -0.4 is 4.90 Å². The van der Waals surface area contributed by atoms with Crippen LogP contribution in [0.3, 0.4) is 0 Å². The molecule has 0 bridgehead atoms. The molecule has 6 heteroatoms. The molecule has 1 atom stereocenters. The van der Waals surface area contributed by atoms with Gasteiger partial charge in [0.2, 0.25) is 4.77 Å². The average molecular weight is 402 g/mol. The number of nitrogens with zero attached hydrogens (tertiary/aromatic N) is 2. The van der Waals surface area contributed by atoms with Gasteiger partial charge in [-0.2, -0.15) is 4.98 Å². The maximum atomic E-state index is 5.45. The largest absolute Gasteiger partial charge is 0.312 e. The van der Waals surface area contributed by atoms with Crippen LogP contribution in [0.2, 0.25) is 0 Å². The Morgan fingerprint density at radius 3 is 2.71 bits per heavy atom. The highest BCUT2D eigenvalue weighted by Gasteiger charge is 2.20. The summed E-state index contributed by atoms with van der Waals surface area (Å²) >= 11 is 9.03. The third kappa shape index (κ3) is 3.09. The standard InChI is InChI=1S/C18H17BrN4S/c19-16-8-4-3-7-15(16)17-20-18(24)23(21-17)12-22-10-9-13-5-1-2-6-14(13)11-22/h1-8H,9-12H2,(H,20,21,24)/p+1. The summed E-state index contributed by atoms with van der Waals surface area (Å²) in [7, 11) is 0. The van der Waals surface area contributed by atoms with E-state index in [1.54, 1.807) is 0 Å². The molecule has 24 heavy (non-hydrogen) atoms. The smallest absolute Gasteiger partial charge is 0.221 e. The first-order chi connectivity index (χ1) is 11.7. The second-order valence-corrected chi connectivity index (χ2v) is 7.34. The molecule has 0 radical (unpaired) electrons. The zero-order valence-corrected chi connectivity index (χ0v) is 15.5. The molecule has 0 saturated carbocycles. The van der Waals surface area contributed by atoms with Crippen molar-refractivity contribution in [1.29, 1.82) is 0 Å². The van der Waals surface area contributed by atoms with Crippen molar-refractivity contribution >= 4 is 28.1 Å². The highest BCUT2D eigenvalue weighted by molar-refractivity contribution is 9.10. The molecule has 1 unspecified atom stereocenters.